The molecule has 3 aromatic rings. The average Bonchev–Trinajstić information content (AvgIpc) is 2.90. The molecule has 2 atom stereocenters. The highest BCUT2D eigenvalue weighted by Gasteiger charge is 2.33. The van der Waals surface area contributed by atoms with Gasteiger partial charge in [-0.3, -0.25) is 13.9 Å². The number of halogens is 4. The van der Waals surface area contributed by atoms with Crippen molar-refractivity contribution in [3.05, 3.63) is 91.9 Å². The summed E-state index contributed by atoms with van der Waals surface area (Å²) < 4.78 is 28.8. The number of sulfonamides is 1. The summed E-state index contributed by atoms with van der Waals surface area (Å²) in [6, 6.07) is 14.2. The lowest BCUT2D eigenvalue weighted by Crippen LogP contribution is -2.52. The molecule has 0 aliphatic rings. The van der Waals surface area contributed by atoms with E-state index in [0.717, 1.165) is 9.87 Å². The van der Waals surface area contributed by atoms with Gasteiger partial charge < -0.3 is 10.2 Å². The van der Waals surface area contributed by atoms with Crippen molar-refractivity contribution in [2.24, 2.45) is 0 Å². The van der Waals surface area contributed by atoms with Crippen molar-refractivity contribution in [3.63, 3.8) is 0 Å². The van der Waals surface area contributed by atoms with Gasteiger partial charge in [-0.2, -0.15) is 0 Å². The van der Waals surface area contributed by atoms with Crippen LogP contribution < -0.4 is 9.62 Å². The summed E-state index contributed by atoms with van der Waals surface area (Å²) in [5, 5.41) is 3.97. The molecule has 0 aliphatic heterocycles. The lowest BCUT2D eigenvalue weighted by Gasteiger charge is -2.32. The molecule has 0 aromatic heterocycles. The number of rotatable bonds is 11. The van der Waals surface area contributed by atoms with Gasteiger partial charge in [-0.15, -0.1) is 0 Å². The van der Waals surface area contributed by atoms with Gasteiger partial charge in [0.15, 0.2) is 0 Å². The fourth-order valence-electron chi connectivity index (χ4n) is 3.93. The van der Waals surface area contributed by atoms with E-state index in [9.17, 15) is 18.0 Å². The molecule has 3 aromatic carbocycles. The minimum Gasteiger partial charge on any atom is -0.352 e. The van der Waals surface area contributed by atoms with Gasteiger partial charge in [-0.1, -0.05) is 77.1 Å². The van der Waals surface area contributed by atoms with Crippen LogP contribution in [0.5, 0.6) is 0 Å². The molecule has 0 heterocycles. The fourth-order valence-corrected chi connectivity index (χ4v) is 6.31. The molecule has 7 nitrogen and oxygen atoms in total. The number of nitrogens with zero attached hydrogens (tertiary/aromatic N) is 2. The van der Waals surface area contributed by atoms with Crippen LogP contribution in [-0.4, -0.2) is 43.8 Å². The van der Waals surface area contributed by atoms with Crippen molar-refractivity contribution in [1.82, 2.24) is 10.2 Å². The minimum absolute atomic E-state index is 0.0261. The highest BCUT2D eigenvalue weighted by Crippen LogP contribution is 2.31. The van der Waals surface area contributed by atoms with Crippen LogP contribution >= 0.6 is 46.4 Å². The van der Waals surface area contributed by atoms with E-state index in [0.29, 0.717) is 22.0 Å². The maximum absolute atomic E-state index is 14.0. The molecule has 0 bridgehead atoms. The zero-order chi connectivity index (χ0) is 30.5. The Hall–Kier alpha value is -2.49. The van der Waals surface area contributed by atoms with Crippen molar-refractivity contribution >= 4 is 73.9 Å². The zero-order valence-corrected chi connectivity index (χ0v) is 26.8. The Kier molecular flexibility index (Phi) is 11.4. The van der Waals surface area contributed by atoms with Crippen molar-refractivity contribution in [1.29, 1.82) is 0 Å². The molecule has 0 unspecified atom stereocenters. The van der Waals surface area contributed by atoms with Gasteiger partial charge in [0, 0.05) is 32.7 Å². The van der Waals surface area contributed by atoms with E-state index in [1.165, 1.54) is 41.3 Å². The summed E-state index contributed by atoms with van der Waals surface area (Å²) in [4.78, 5) is 28.4. The smallest absolute Gasteiger partial charge is 0.264 e. The second-order valence-corrected chi connectivity index (χ2v) is 13.3. The largest absolute Gasteiger partial charge is 0.352 e. The number of amides is 2. The summed E-state index contributed by atoms with van der Waals surface area (Å²) in [5.41, 5.74) is 1.49. The highest BCUT2D eigenvalue weighted by molar-refractivity contribution is 7.92. The molecular formula is C29H31Cl4N3O4S. The molecule has 0 fully saturated rings. The summed E-state index contributed by atoms with van der Waals surface area (Å²) in [6.45, 7) is 6.48. The van der Waals surface area contributed by atoms with Crippen LogP contribution in [0.15, 0.2) is 65.6 Å². The van der Waals surface area contributed by atoms with E-state index in [4.69, 9.17) is 46.4 Å². The third-order valence-electron chi connectivity index (χ3n) is 6.55. The molecule has 1 N–H and O–H groups in total. The van der Waals surface area contributed by atoms with Gasteiger partial charge in [-0.05, 0) is 75.2 Å². The van der Waals surface area contributed by atoms with Crippen molar-refractivity contribution in [2.45, 2.75) is 57.6 Å². The Balaban J connectivity index is 2.08. The lowest BCUT2D eigenvalue weighted by molar-refractivity contribution is -0.139. The quantitative estimate of drug-likeness (QED) is 0.237. The monoisotopic (exact) mass is 657 g/mol. The SMILES string of the molecule is CC[C@@H](C)NC(=O)[C@@H](C)N(Cc1ccc(Cl)cc1Cl)C(=O)CN(c1cc(Cl)cc(Cl)c1)S(=O)(=O)c1ccc(C)cc1. The number of carbonyl (C=O) groups is 2. The van der Waals surface area contributed by atoms with Gasteiger partial charge in [0.1, 0.15) is 12.6 Å². The third kappa shape index (κ3) is 8.52. The van der Waals surface area contributed by atoms with Crippen LogP contribution in [0.25, 0.3) is 0 Å². The van der Waals surface area contributed by atoms with E-state index in [-0.39, 0.29) is 33.2 Å². The average molecular weight is 659 g/mol. The van der Waals surface area contributed by atoms with Crippen LogP contribution in [-0.2, 0) is 26.2 Å². The van der Waals surface area contributed by atoms with Crippen LogP contribution in [0.4, 0.5) is 5.69 Å². The predicted octanol–water partition coefficient (Wildman–Crippen LogP) is 7.14. The van der Waals surface area contributed by atoms with E-state index in [1.807, 2.05) is 20.8 Å². The summed E-state index contributed by atoms with van der Waals surface area (Å²) in [6.07, 6.45) is 0.688. The molecule has 0 radical (unpaired) electrons. The van der Waals surface area contributed by atoms with Gasteiger partial charge in [0.05, 0.1) is 10.6 Å². The first-order valence-electron chi connectivity index (χ1n) is 12.8. The van der Waals surface area contributed by atoms with Crippen LogP contribution in [0.3, 0.4) is 0 Å². The molecule has 3 rings (SSSR count). The molecular weight excluding hydrogens is 628 g/mol. The molecule has 0 aliphatic carbocycles. The van der Waals surface area contributed by atoms with Gasteiger partial charge in [-0.25, -0.2) is 8.42 Å². The van der Waals surface area contributed by atoms with Crippen LogP contribution in [0, 0.1) is 6.92 Å². The normalized spacial score (nSPS) is 12.9. The summed E-state index contributed by atoms with van der Waals surface area (Å²) in [7, 11) is -4.26. The van der Waals surface area contributed by atoms with Gasteiger partial charge >= 0.3 is 0 Å². The Labute approximate surface area is 261 Å². The fraction of sp³-hybridized carbons (Fsp3) is 0.310. The second-order valence-electron chi connectivity index (χ2n) is 9.70. The standard InChI is InChI=1S/C29H31Cl4N3O4S/c1-5-19(3)34-29(38)20(4)35(16-21-8-9-22(30)15-27(21)33)28(37)17-36(25-13-23(31)12-24(32)14-25)41(39,40)26-10-6-18(2)7-11-26/h6-15,19-20H,5,16-17H2,1-4H3,(H,34,38)/t19-,20-/m1/s1. The number of benzene rings is 3. The summed E-state index contributed by atoms with van der Waals surface area (Å²) >= 11 is 24.9. The van der Waals surface area contributed by atoms with E-state index < -0.39 is 34.4 Å². The van der Waals surface area contributed by atoms with E-state index >= 15 is 0 Å². The molecule has 220 valence electrons. The number of aryl methyl sites for hydroxylation is 1. The van der Waals surface area contributed by atoms with Crippen molar-refractivity contribution in [3.8, 4) is 0 Å². The minimum atomic E-state index is -4.26. The first kappa shape index (κ1) is 33.0. The van der Waals surface area contributed by atoms with Crippen molar-refractivity contribution in [2.75, 3.05) is 10.8 Å². The maximum atomic E-state index is 14.0. The van der Waals surface area contributed by atoms with E-state index in [1.54, 1.807) is 31.2 Å². The first-order chi connectivity index (χ1) is 19.2. The number of hydrogen-bond acceptors (Lipinski definition) is 4. The molecule has 41 heavy (non-hydrogen) atoms. The maximum Gasteiger partial charge on any atom is 0.264 e. The topological polar surface area (TPSA) is 86.8 Å². The summed E-state index contributed by atoms with van der Waals surface area (Å²) in [5.74, 6) is -1.04. The molecule has 2 amide bonds. The number of carbonyl (C=O) groups excluding carboxylic acids is 2. The Morgan fingerprint density at radius 2 is 1.49 bits per heavy atom. The van der Waals surface area contributed by atoms with E-state index in [2.05, 4.69) is 5.32 Å². The highest BCUT2D eigenvalue weighted by atomic mass is 35.5. The van der Waals surface area contributed by atoms with Gasteiger partial charge in [0.2, 0.25) is 11.8 Å². The number of nitrogens with one attached hydrogen (secondary N) is 1. The Morgan fingerprint density at radius 1 is 0.878 bits per heavy atom. The zero-order valence-electron chi connectivity index (χ0n) is 23.0. The third-order valence-corrected chi connectivity index (χ3v) is 9.36. The Morgan fingerprint density at radius 3 is 2.05 bits per heavy atom. The number of hydrogen-bond donors (Lipinski definition) is 1. The van der Waals surface area contributed by atoms with Crippen LogP contribution in [0.1, 0.15) is 38.3 Å². The van der Waals surface area contributed by atoms with Crippen molar-refractivity contribution < 1.29 is 18.0 Å². The first-order valence-corrected chi connectivity index (χ1v) is 15.8. The van der Waals surface area contributed by atoms with Gasteiger partial charge in [0.25, 0.3) is 10.0 Å². The number of anilines is 1. The predicted molar refractivity (Wildman–Crippen MR) is 167 cm³/mol. The molecule has 0 saturated heterocycles. The van der Waals surface area contributed by atoms with Crippen LogP contribution in [0.2, 0.25) is 20.1 Å². The molecule has 0 saturated carbocycles. The molecule has 12 heteroatoms. The molecule has 0 spiro atoms. The lowest BCUT2D eigenvalue weighted by atomic mass is 10.1. The second kappa shape index (κ2) is 14.1. The Bertz CT molecular complexity index is 1500.